The minimum absolute atomic E-state index is 0.430. The van der Waals surface area contributed by atoms with Gasteiger partial charge in [-0.3, -0.25) is 0 Å². The third kappa shape index (κ3) is 60.1. The molecule has 96 heavy (non-hydrogen) atoms. The van der Waals surface area contributed by atoms with Crippen molar-refractivity contribution in [2.75, 3.05) is 196 Å². The van der Waals surface area contributed by atoms with E-state index in [4.69, 9.17) is 0 Å². The minimum atomic E-state index is 0.430. The molecule has 0 saturated carbocycles. The summed E-state index contributed by atoms with van der Waals surface area (Å²) in [5.41, 5.74) is 4.75. The van der Waals surface area contributed by atoms with Crippen LogP contribution < -0.4 is 0 Å². The van der Waals surface area contributed by atoms with Crippen molar-refractivity contribution in [1.29, 1.82) is 0 Å². The molecule has 5 saturated heterocycles. The average Bonchev–Trinajstić information content (AvgIpc) is 1.48. The van der Waals surface area contributed by atoms with Crippen LogP contribution in [0.2, 0.25) is 0 Å². The van der Waals surface area contributed by atoms with E-state index in [1.807, 2.05) is 0 Å². The molecule has 5 fully saturated rings. The Morgan fingerprint density at radius 1 is 0.146 bits per heavy atom. The smallest absolute Gasteiger partial charge is 0.0110 e. The maximum absolute atomic E-state index is 2.67. The van der Waals surface area contributed by atoms with Gasteiger partial charge in [0.25, 0.3) is 0 Å². The summed E-state index contributed by atoms with van der Waals surface area (Å²) < 4.78 is 0. The van der Waals surface area contributed by atoms with Crippen molar-refractivity contribution in [2.45, 2.75) is 310 Å². The number of hydrogen-bond donors (Lipinski definition) is 0. The monoisotopic (exact) mass is 1360 g/mol. The highest BCUT2D eigenvalue weighted by Gasteiger charge is 2.26. The first-order valence-electron chi connectivity index (χ1n) is 41.0. The predicted molar refractivity (Wildman–Crippen MR) is 433 cm³/mol. The van der Waals surface area contributed by atoms with Crippen LogP contribution in [0.25, 0.3) is 0 Å². The van der Waals surface area contributed by atoms with Crippen LogP contribution in [0.15, 0.2) is 0 Å². The lowest BCUT2D eigenvalue weighted by atomic mass is 9.90. The zero-order chi connectivity index (χ0) is 73.3. The normalized spacial score (nSPS) is 20.1. The van der Waals surface area contributed by atoms with Crippen LogP contribution in [-0.2, 0) is 0 Å². The van der Waals surface area contributed by atoms with Crippen molar-refractivity contribution in [1.82, 2.24) is 49.0 Å². The summed E-state index contributed by atoms with van der Waals surface area (Å²) >= 11 is 0. The van der Waals surface area contributed by atoms with Crippen LogP contribution in [-0.4, -0.2) is 245 Å². The highest BCUT2D eigenvalue weighted by Crippen LogP contribution is 2.28. The molecule has 0 spiro atoms. The lowest BCUT2D eigenvalue weighted by Gasteiger charge is -2.37. The zero-order valence-corrected chi connectivity index (χ0v) is 72.0. The van der Waals surface area contributed by atoms with Gasteiger partial charge in [0.05, 0.1) is 0 Å². The van der Waals surface area contributed by atoms with Crippen LogP contribution in [0.5, 0.6) is 0 Å². The topological polar surface area (TPSA) is 32.4 Å². The van der Waals surface area contributed by atoms with Gasteiger partial charge in [0.15, 0.2) is 0 Å². The van der Waals surface area contributed by atoms with Crippen molar-refractivity contribution < 1.29 is 0 Å². The van der Waals surface area contributed by atoms with Gasteiger partial charge in [-0.25, -0.2) is 0 Å². The molecule has 0 amide bonds. The van der Waals surface area contributed by atoms with E-state index in [1.165, 1.54) is 299 Å². The highest BCUT2D eigenvalue weighted by atomic mass is 15.3. The van der Waals surface area contributed by atoms with Crippen LogP contribution in [0.1, 0.15) is 310 Å². The summed E-state index contributed by atoms with van der Waals surface area (Å²) in [5.74, 6) is 0. The van der Waals surface area contributed by atoms with Gasteiger partial charge in [-0.2, -0.15) is 0 Å². The molecular weight excluding hydrogens is 1170 g/mol. The molecule has 5 aliphatic rings. The second-order valence-electron chi connectivity index (χ2n) is 43.7. The molecule has 0 aromatic rings. The van der Waals surface area contributed by atoms with Gasteiger partial charge in [-0.15, -0.1) is 0 Å². The van der Waals surface area contributed by atoms with E-state index in [2.05, 4.69) is 257 Å². The summed E-state index contributed by atoms with van der Waals surface area (Å²) in [5, 5.41) is 0. The molecule has 0 radical (unpaired) electrons. The summed E-state index contributed by atoms with van der Waals surface area (Å²) in [4.78, 5) is 26.6. The predicted octanol–water partition coefficient (Wildman–Crippen LogP) is 19.7. The van der Waals surface area contributed by atoms with E-state index in [0.717, 1.165) is 0 Å². The molecule has 0 aromatic heterocycles. The lowest BCUT2D eigenvalue weighted by molar-refractivity contribution is 0.112. The second kappa shape index (κ2) is 45.1. The molecule has 10 heteroatoms. The van der Waals surface area contributed by atoms with Crippen molar-refractivity contribution >= 4 is 0 Å². The lowest BCUT2D eigenvalue weighted by Crippen LogP contribution is -2.47. The third-order valence-corrected chi connectivity index (χ3v) is 20.0. The molecule has 0 unspecified atom stereocenters. The summed E-state index contributed by atoms with van der Waals surface area (Å²) in [6.45, 7) is 109. The van der Waals surface area contributed by atoms with Crippen molar-refractivity contribution in [3.63, 3.8) is 0 Å². The van der Waals surface area contributed by atoms with Crippen LogP contribution in [0.4, 0.5) is 0 Å². The molecule has 0 N–H and O–H groups in total. The van der Waals surface area contributed by atoms with Gasteiger partial charge < -0.3 is 49.0 Å². The van der Waals surface area contributed by atoms with Gasteiger partial charge in [0, 0.05) is 118 Å². The first-order chi connectivity index (χ1) is 43.8. The first kappa shape index (κ1) is 93.6. The van der Waals surface area contributed by atoms with Gasteiger partial charge in [-0.05, 0) is 223 Å². The molecule has 5 rings (SSSR count). The van der Waals surface area contributed by atoms with Crippen molar-refractivity contribution in [2.24, 2.45) is 54.1 Å². The summed E-state index contributed by atoms with van der Waals surface area (Å²) in [6.07, 6.45) is 21.6. The number of piperazine rings is 3. The Morgan fingerprint density at radius 2 is 0.302 bits per heavy atom. The molecule has 10 nitrogen and oxygen atoms in total. The molecule has 0 bridgehead atoms. The second-order valence-corrected chi connectivity index (χ2v) is 43.7. The van der Waals surface area contributed by atoms with Crippen LogP contribution >= 0.6 is 0 Å². The Hall–Kier alpha value is -0.400. The number of rotatable bonds is 24. The Bertz CT molecular complexity index is 1720. The molecule has 576 valence electrons. The quantitative estimate of drug-likeness (QED) is 0.0872. The van der Waals surface area contributed by atoms with Crippen molar-refractivity contribution in [3.8, 4) is 0 Å². The standard InChI is InChI=1S/C20H42N2.C18H38N2.C17H36N2.C16H34N2.C15H32N2/c1-19(2,3)11-7-9-13-21-15-17-22(18-16-21)14-10-8-12-20(4,5)6;1-17(2,3)9-7-11-19-13-15-20(16-14-19)12-8-10-18(4,5)6;1-16(2,3)8-12-18-10-7-11-19(15-14-18)13-9-17(4,5)6;1-15(2,3)7-9-17-11-13-18(14-12-17)10-8-16(4,5)6;1-14(2,3)12-16-8-7-9-17(11-10-16)13-15(4,5)6/h7-18H2,1-6H3;7-16H2,1-6H3;7-15H2,1-6H3;7-14H2,1-6H3;7-13H2,1-6H3. The van der Waals surface area contributed by atoms with E-state index < -0.39 is 0 Å². The van der Waals surface area contributed by atoms with E-state index in [0.29, 0.717) is 54.1 Å². The molecule has 5 aliphatic heterocycles. The third-order valence-electron chi connectivity index (χ3n) is 20.0. The average molecular weight is 1360 g/mol. The summed E-state index contributed by atoms with van der Waals surface area (Å²) in [7, 11) is 0. The van der Waals surface area contributed by atoms with E-state index >= 15 is 0 Å². The Morgan fingerprint density at radius 3 is 0.500 bits per heavy atom. The number of nitrogens with zero attached hydrogens (tertiary/aromatic N) is 10. The van der Waals surface area contributed by atoms with Gasteiger partial charge >= 0.3 is 0 Å². The fraction of sp³-hybridized carbons (Fsp3) is 1.00. The Kier molecular flexibility index (Phi) is 44.0. The van der Waals surface area contributed by atoms with Crippen molar-refractivity contribution in [3.05, 3.63) is 0 Å². The van der Waals surface area contributed by atoms with E-state index in [1.54, 1.807) is 0 Å². The maximum Gasteiger partial charge on any atom is 0.0110 e. The Balaban J connectivity index is 0.000000602. The molecule has 0 atom stereocenters. The van der Waals surface area contributed by atoms with E-state index in [9.17, 15) is 0 Å². The fourth-order valence-electron chi connectivity index (χ4n) is 13.5. The fourth-order valence-corrected chi connectivity index (χ4v) is 13.5. The summed E-state index contributed by atoms with van der Waals surface area (Å²) in [6, 6.07) is 0. The molecule has 0 aliphatic carbocycles. The SMILES string of the molecule is CC(C)(C)CCCCN1CCN(CCCCC(C)(C)C)CC1.CC(C)(C)CCCN1CCN(CCCC(C)(C)C)CC1.CC(C)(C)CCN1CCCN(CCC(C)(C)C)CC1.CC(C)(C)CCN1CCN(CCC(C)(C)C)CC1.CC(C)(C)CN1CCCN(CC(C)(C)C)CC1. The largest absolute Gasteiger partial charge is 0.302 e. The number of hydrogen-bond acceptors (Lipinski definition) is 10. The Labute approximate surface area is 606 Å². The van der Waals surface area contributed by atoms with Gasteiger partial charge in [-0.1, -0.05) is 221 Å². The number of unbranched alkanes of at least 4 members (excludes halogenated alkanes) is 2. The maximum atomic E-state index is 2.67. The molecular formula is C86H182N10. The van der Waals surface area contributed by atoms with Gasteiger partial charge in [0.2, 0.25) is 0 Å². The zero-order valence-electron chi connectivity index (χ0n) is 72.0. The van der Waals surface area contributed by atoms with E-state index in [-0.39, 0.29) is 0 Å². The van der Waals surface area contributed by atoms with Crippen LogP contribution in [0.3, 0.4) is 0 Å². The first-order valence-corrected chi connectivity index (χ1v) is 41.0. The highest BCUT2D eigenvalue weighted by molar-refractivity contribution is 4.81. The van der Waals surface area contributed by atoms with Gasteiger partial charge in [0.1, 0.15) is 0 Å². The molecule has 5 heterocycles. The minimum Gasteiger partial charge on any atom is -0.302 e. The van der Waals surface area contributed by atoms with Crippen LogP contribution in [0, 0.1) is 54.1 Å². The molecule has 0 aromatic carbocycles.